The van der Waals surface area contributed by atoms with Crippen molar-refractivity contribution in [1.82, 2.24) is 15.0 Å². The molecule has 1 fully saturated rings. The van der Waals surface area contributed by atoms with Crippen LogP contribution in [0.2, 0.25) is 0 Å². The topological polar surface area (TPSA) is 68.5 Å². The molecule has 2 unspecified atom stereocenters. The third kappa shape index (κ3) is 3.28. The van der Waals surface area contributed by atoms with Crippen molar-refractivity contribution >= 4 is 5.91 Å². The second-order valence-corrected chi connectivity index (χ2v) is 7.61. The SMILES string of the molecule is CCOc1ccc(-c2noc(C3CC(=O)N(C4CCc5ccccc54)C3)n2)cc1. The van der Waals surface area contributed by atoms with E-state index in [0.717, 1.165) is 24.2 Å². The molecule has 0 N–H and O–H groups in total. The number of ether oxygens (including phenoxy) is 1. The Balaban J connectivity index is 1.32. The molecule has 0 bridgehead atoms. The quantitative estimate of drug-likeness (QED) is 0.656. The van der Waals surface area contributed by atoms with Gasteiger partial charge < -0.3 is 14.2 Å². The number of carbonyl (C=O) groups excluding carboxylic acids is 1. The number of fused-ring (bicyclic) bond motifs is 1. The lowest BCUT2D eigenvalue weighted by Crippen LogP contribution is -2.28. The summed E-state index contributed by atoms with van der Waals surface area (Å²) in [4.78, 5) is 19.3. The first-order chi connectivity index (χ1) is 14.2. The minimum Gasteiger partial charge on any atom is -0.494 e. The zero-order valence-corrected chi connectivity index (χ0v) is 16.4. The summed E-state index contributed by atoms with van der Waals surface area (Å²) >= 11 is 0. The van der Waals surface area contributed by atoms with Gasteiger partial charge in [-0.1, -0.05) is 29.4 Å². The molecule has 1 amide bonds. The molecule has 1 saturated heterocycles. The summed E-state index contributed by atoms with van der Waals surface area (Å²) in [5.41, 5.74) is 3.50. The maximum atomic E-state index is 12.8. The number of carbonyl (C=O) groups is 1. The highest BCUT2D eigenvalue weighted by Crippen LogP contribution is 2.40. The largest absolute Gasteiger partial charge is 0.494 e. The Kier molecular flexibility index (Phi) is 4.54. The van der Waals surface area contributed by atoms with Crippen LogP contribution in [0.25, 0.3) is 11.4 Å². The van der Waals surface area contributed by atoms with E-state index in [2.05, 4.69) is 34.4 Å². The number of hydrogen-bond acceptors (Lipinski definition) is 5. The molecule has 2 atom stereocenters. The molecule has 148 valence electrons. The normalized spacial score (nSPS) is 20.9. The van der Waals surface area contributed by atoms with Crippen LogP contribution >= 0.6 is 0 Å². The van der Waals surface area contributed by atoms with Crippen LogP contribution in [-0.4, -0.2) is 34.1 Å². The Morgan fingerprint density at radius 2 is 2.00 bits per heavy atom. The van der Waals surface area contributed by atoms with E-state index in [9.17, 15) is 4.79 Å². The predicted molar refractivity (Wildman–Crippen MR) is 107 cm³/mol. The number of likely N-dealkylation sites (tertiary alicyclic amines) is 1. The number of benzene rings is 2. The van der Waals surface area contributed by atoms with Gasteiger partial charge >= 0.3 is 0 Å². The highest BCUT2D eigenvalue weighted by Gasteiger charge is 2.40. The summed E-state index contributed by atoms with van der Waals surface area (Å²) in [5.74, 6) is 2.00. The van der Waals surface area contributed by atoms with Crippen LogP contribution in [0.15, 0.2) is 53.1 Å². The van der Waals surface area contributed by atoms with Crippen LogP contribution in [0.4, 0.5) is 0 Å². The van der Waals surface area contributed by atoms with Gasteiger partial charge in [-0.2, -0.15) is 4.98 Å². The smallest absolute Gasteiger partial charge is 0.232 e. The lowest BCUT2D eigenvalue weighted by atomic mass is 10.1. The van der Waals surface area contributed by atoms with Gasteiger partial charge in [0.1, 0.15) is 5.75 Å². The van der Waals surface area contributed by atoms with Gasteiger partial charge in [-0.05, 0) is 55.2 Å². The number of hydrogen-bond donors (Lipinski definition) is 0. The Bertz CT molecular complexity index is 1030. The Labute approximate surface area is 169 Å². The molecule has 0 saturated carbocycles. The predicted octanol–water partition coefficient (Wildman–Crippen LogP) is 4.14. The zero-order valence-electron chi connectivity index (χ0n) is 16.4. The lowest BCUT2D eigenvalue weighted by molar-refractivity contribution is -0.129. The molecule has 6 nitrogen and oxygen atoms in total. The van der Waals surface area contributed by atoms with E-state index in [4.69, 9.17) is 9.26 Å². The first kappa shape index (κ1) is 17.9. The van der Waals surface area contributed by atoms with E-state index < -0.39 is 0 Å². The van der Waals surface area contributed by atoms with Crippen molar-refractivity contribution in [3.05, 3.63) is 65.5 Å². The summed E-state index contributed by atoms with van der Waals surface area (Å²) < 4.78 is 11.0. The monoisotopic (exact) mass is 389 g/mol. The highest BCUT2D eigenvalue weighted by atomic mass is 16.5. The van der Waals surface area contributed by atoms with Gasteiger partial charge in [-0.25, -0.2) is 0 Å². The third-order valence-electron chi connectivity index (χ3n) is 5.85. The summed E-state index contributed by atoms with van der Waals surface area (Å²) in [6, 6.07) is 16.2. The fraction of sp³-hybridized carbons (Fsp3) is 0.348. The molecule has 3 aromatic rings. The summed E-state index contributed by atoms with van der Waals surface area (Å²) in [5, 5.41) is 4.13. The fourth-order valence-corrected chi connectivity index (χ4v) is 4.44. The van der Waals surface area contributed by atoms with Gasteiger partial charge in [0.2, 0.25) is 17.6 Å². The van der Waals surface area contributed by atoms with E-state index in [1.165, 1.54) is 11.1 Å². The number of nitrogens with zero attached hydrogens (tertiary/aromatic N) is 3. The summed E-state index contributed by atoms with van der Waals surface area (Å²) in [7, 11) is 0. The van der Waals surface area contributed by atoms with Crippen molar-refractivity contribution in [2.24, 2.45) is 0 Å². The fourth-order valence-electron chi connectivity index (χ4n) is 4.44. The van der Waals surface area contributed by atoms with E-state index in [1.54, 1.807) is 0 Å². The number of amides is 1. The van der Waals surface area contributed by atoms with Crippen LogP contribution in [0.3, 0.4) is 0 Å². The molecule has 29 heavy (non-hydrogen) atoms. The minimum atomic E-state index is -0.0563. The molecule has 0 spiro atoms. The molecule has 1 aliphatic carbocycles. The maximum absolute atomic E-state index is 12.8. The van der Waals surface area contributed by atoms with Crippen molar-refractivity contribution < 1.29 is 14.1 Å². The molecule has 1 aromatic heterocycles. The van der Waals surface area contributed by atoms with E-state index >= 15 is 0 Å². The van der Waals surface area contributed by atoms with Gasteiger partial charge in [0, 0.05) is 18.5 Å². The average Bonchev–Trinajstić information content (AvgIpc) is 3.46. The number of rotatable bonds is 5. The Hall–Kier alpha value is -3.15. The average molecular weight is 389 g/mol. The molecular weight excluding hydrogens is 366 g/mol. The zero-order chi connectivity index (χ0) is 19.8. The molecule has 2 aromatic carbocycles. The Morgan fingerprint density at radius 1 is 1.17 bits per heavy atom. The standard InChI is InChI=1S/C23H23N3O3/c1-2-28-18-10-7-16(8-11-18)22-24-23(29-25-22)17-13-21(27)26(14-17)20-12-9-15-5-3-4-6-19(15)20/h3-8,10-11,17,20H,2,9,12-14H2,1H3. The van der Waals surface area contributed by atoms with Crippen LogP contribution < -0.4 is 4.74 Å². The molecule has 6 heteroatoms. The summed E-state index contributed by atoms with van der Waals surface area (Å²) in [6.45, 7) is 3.21. The van der Waals surface area contributed by atoms with E-state index in [-0.39, 0.29) is 17.9 Å². The van der Waals surface area contributed by atoms with E-state index in [0.29, 0.717) is 31.3 Å². The van der Waals surface area contributed by atoms with Crippen molar-refractivity contribution in [3.63, 3.8) is 0 Å². The Morgan fingerprint density at radius 3 is 2.83 bits per heavy atom. The highest BCUT2D eigenvalue weighted by molar-refractivity contribution is 5.80. The lowest BCUT2D eigenvalue weighted by Gasteiger charge is -2.25. The van der Waals surface area contributed by atoms with Gasteiger partial charge in [0.15, 0.2) is 0 Å². The second-order valence-electron chi connectivity index (χ2n) is 7.61. The minimum absolute atomic E-state index is 0.0563. The molecule has 0 radical (unpaired) electrons. The molecular formula is C23H23N3O3. The molecule has 2 heterocycles. The van der Waals surface area contributed by atoms with E-state index in [1.807, 2.05) is 36.1 Å². The van der Waals surface area contributed by atoms with Crippen molar-refractivity contribution in [3.8, 4) is 17.1 Å². The number of aryl methyl sites for hydroxylation is 1. The second kappa shape index (κ2) is 7.35. The van der Waals surface area contributed by atoms with Gasteiger partial charge in [-0.15, -0.1) is 0 Å². The number of aromatic nitrogens is 2. The van der Waals surface area contributed by atoms with Crippen molar-refractivity contribution in [2.75, 3.05) is 13.2 Å². The third-order valence-corrected chi connectivity index (χ3v) is 5.85. The summed E-state index contributed by atoms with van der Waals surface area (Å²) in [6.07, 6.45) is 2.43. The first-order valence-electron chi connectivity index (χ1n) is 10.2. The maximum Gasteiger partial charge on any atom is 0.232 e. The van der Waals surface area contributed by atoms with Crippen LogP contribution in [0.5, 0.6) is 5.75 Å². The van der Waals surface area contributed by atoms with Crippen molar-refractivity contribution in [2.45, 2.75) is 38.1 Å². The first-order valence-corrected chi connectivity index (χ1v) is 10.2. The van der Waals surface area contributed by atoms with Crippen LogP contribution in [-0.2, 0) is 11.2 Å². The van der Waals surface area contributed by atoms with Gasteiger partial charge in [0.05, 0.1) is 18.6 Å². The molecule has 2 aliphatic rings. The van der Waals surface area contributed by atoms with Gasteiger partial charge in [0.25, 0.3) is 0 Å². The van der Waals surface area contributed by atoms with Crippen LogP contribution in [0.1, 0.15) is 48.7 Å². The van der Waals surface area contributed by atoms with Crippen molar-refractivity contribution in [1.29, 1.82) is 0 Å². The van der Waals surface area contributed by atoms with Crippen LogP contribution in [0, 0.1) is 0 Å². The van der Waals surface area contributed by atoms with Gasteiger partial charge in [-0.3, -0.25) is 4.79 Å². The molecule has 5 rings (SSSR count). The molecule has 1 aliphatic heterocycles.